The van der Waals surface area contributed by atoms with Crippen LogP contribution in [0.15, 0.2) is 22.8 Å². The molecule has 0 unspecified atom stereocenters. The number of rotatable bonds is 5. The molecule has 2 aromatic heterocycles. The van der Waals surface area contributed by atoms with Gasteiger partial charge in [0, 0.05) is 23.7 Å². The number of thiazole rings is 1. The molecule has 0 radical (unpaired) electrons. The molecule has 13 heteroatoms. The predicted molar refractivity (Wildman–Crippen MR) is 103 cm³/mol. The molecule has 1 fully saturated rings. The summed E-state index contributed by atoms with van der Waals surface area (Å²) in [5.74, 6) is 0.462. The molecule has 2 aromatic rings. The zero-order valence-corrected chi connectivity index (χ0v) is 16.5. The zero-order chi connectivity index (χ0) is 20.4. The highest BCUT2D eigenvalue weighted by Gasteiger charge is 2.47. The average molecular weight is 442 g/mol. The van der Waals surface area contributed by atoms with E-state index in [-0.39, 0.29) is 17.5 Å². The average Bonchev–Trinajstić information content (AvgIpc) is 3.17. The van der Waals surface area contributed by atoms with Crippen LogP contribution in [-0.4, -0.2) is 51.6 Å². The Balaban J connectivity index is 1.50. The molecule has 4 rings (SSSR count). The van der Waals surface area contributed by atoms with Crippen LogP contribution in [0.5, 0.6) is 5.88 Å². The van der Waals surface area contributed by atoms with Crippen LogP contribution in [0, 0.1) is 5.92 Å². The third kappa shape index (κ3) is 4.16. The lowest BCUT2D eigenvalue weighted by Gasteiger charge is -2.41. The number of aromatic nitrogens is 3. The van der Waals surface area contributed by atoms with Crippen molar-refractivity contribution in [3.05, 3.63) is 28.5 Å². The number of amidine groups is 1. The number of anilines is 1. The Morgan fingerprint density at radius 1 is 1.41 bits per heavy atom. The van der Waals surface area contributed by atoms with E-state index in [0.717, 1.165) is 24.6 Å². The van der Waals surface area contributed by atoms with Gasteiger partial charge in [-0.3, -0.25) is 4.79 Å². The van der Waals surface area contributed by atoms with Gasteiger partial charge in [0.1, 0.15) is 22.1 Å². The van der Waals surface area contributed by atoms with E-state index < -0.39 is 18.1 Å². The second-order valence-corrected chi connectivity index (χ2v) is 8.23. The Bertz CT molecular complexity index is 926. The summed E-state index contributed by atoms with van der Waals surface area (Å²) in [6, 6.07) is 0. The van der Waals surface area contributed by atoms with Gasteiger partial charge in [-0.15, -0.1) is 11.3 Å². The van der Waals surface area contributed by atoms with Gasteiger partial charge in [0.25, 0.3) is 5.91 Å². The second kappa shape index (κ2) is 8.16. The minimum Gasteiger partial charge on any atom is -0.415 e. The van der Waals surface area contributed by atoms with Gasteiger partial charge in [-0.25, -0.2) is 19.9 Å². The molecule has 4 heterocycles. The maximum atomic E-state index is 12.4. The quantitative estimate of drug-likeness (QED) is 0.721. The van der Waals surface area contributed by atoms with Gasteiger partial charge >= 0.3 is 6.61 Å². The number of nitrogens with one attached hydrogen (secondary N) is 1. The topological polar surface area (TPSA) is 125 Å². The van der Waals surface area contributed by atoms with Gasteiger partial charge < -0.3 is 20.5 Å². The SMILES string of the molecule is NC1=N[C@@]2(c3nc(NC(=O)c4cnc(OC(F)F)cn4)cs3)COCC[C@H]2CS1. The highest BCUT2D eigenvalue weighted by Crippen LogP contribution is 2.45. The van der Waals surface area contributed by atoms with Crippen LogP contribution >= 0.6 is 23.1 Å². The van der Waals surface area contributed by atoms with Crippen molar-refractivity contribution >= 4 is 40.0 Å². The van der Waals surface area contributed by atoms with E-state index in [2.05, 4.69) is 30.0 Å². The summed E-state index contributed by atoms with van der Waals surface area (Å²) >= 11 is 2.89. The lowest BCUT2D eigenvalue weighted by molar-refractivity contribution is -0.0531. The fourth-order valence-corrected chi connectivity index (χ4v) is 5.15. The van der Waals surface area contributed by atoms with Crippen molar-refractivity contribution in [2.24, 2.45) is 16.6 Å². The summed E-state index contributed by atoms with van der Waals surface area (Å²) in [6.07, 6.45) is 2.86. The first-order chi connectivity index (χ1) is 14.0. The molecule has 1 saturated heterocycles. The lowest BCUT2D eigenvalue weighted by atomic mass is 9.82. The van der Waals surface area contributed by atoms with Crippen molar-refractivity contribution in [2.45, 2.75) is 18.6 Å². The van der Waals surface area contributed by atoms with Crippen molar-refractivity contribution in [2.75, 3.05) is 24.3 Å². The number of hydrogen-bond acceptors (Lipinski definition) is 10. The summed E-state index contributed by atoms with van der Waals surface area (Å²) in [6.45, 7) is -1.96. The van der Waals surface area contributed by atoms with E-state index >= 15 is 0 Å². The Kier molecular flexibility index (Phi) is 5.61. The largest absolute Gasteiger partial charge is 0.415 e. The minimum absolute atomic E-state index is 0.0606. The maximum Gasteiger partial charge on any atom is 0.388 e. The van der Waals surface area contributed by atoms with Gasteiger partial charge in [-0.1, -0.05) is 11.8 Å². The summed E-state index contributed by atoms with van der Waals surface area (Å²) < 4.78 is 34.1. The molecule has 0 aliphatic carbocycles. The molecule has 0 bridgehead atoms. The fraction of sp³-hybridized carbons (Fsp3) is 0.438. The number of carbonyl (C=O) groups excluding carboxylic acids is 1. The molecule has 2 atom stereocenters. The van der Waals surface area contributed by atoms with E-state index in [1.54, 1.807) is 5.38 Å². The lowest BCUT2D eigenvalue weighted by Crippen LogP contribution is -2.47. The van der Waals surface area contributed by atoms with Crippen LogP contribution < -0.4 is 15.8 Å². The third-order valence-corrected chi connectivity index (χ3v) is 6.50. The van der Waals surface area contributed by atoms with E-state index in [1.165, 1.54) is 23.1 Å². The van der Waals surface area contributed by atoms with Crippen LogP contribution in [0.4, 0.5) is 14.6 Å². The van der Waals surface area contributed by atoms with Crippen molar-refractivity contribution in [3.63, 3.8) is 0 Å². The molecule has 154 valence electrons. The first kappa shape index (κ1) is 19.9. The predicted octanol–water partition coefficient (Wildman–Crippen LogP) is 2.08. The summed E-state index contributed by atoms with van der Waals surface area (Å²) in [4.78, 5) is 28.9. The first-order valence-electron chi connectivity index (χ1n) is 8.56. The fourth-order valence-electron chi connectivity index (χ4n) is 3.15. The molecule has 9 nitrogen and oxygen atoms in total. The van der Waals surface area contributed by atoms with Crippen molar-refractivity contribution < 1.29 is 23.0 Å². The van der Waals surface area contributed by atoms with Gasteiger partial charge in [0.15, 0.2) is 5.17 Å². The number of alkyl halides is 2. The number of aliphatic imine (C=N–C) groups is 1. The van der Waals surface area contributed by atoms with E-state index in [9.17, 15) is 13.6 Å². The summed E-state index contributed by atoms with van der Waals surface area (Å²) in [7, 11) is 0. The molecular formula is C16H16F2N6O3S2. The number of amides is 1. The summed E-state index contributed by atoms with van der Waals surface area (Å²) in [5.41, 5.74) is 5.26. The molecule has 0 spiro atoms. The standard InChI is InChI=1S/C16H16F2N6O3S2/c17-14(18)27-11-4-20-9(3-21-11)12(25)22-10-6-28-13(23-10)16-7-26-2-1-8(16)5-29-15(19)24-16/h3-4,6,8,14H,1-2,5,7H2,(H2,19,24)(H,22,25)/t8-,16-/m0/s1. The molecule has 0 aromatic carbocycles. The van der Waals surface area contributed by atoms with Gasteiger partial charge in [-0.05, 0) is 6.42 Å². The number of hydrogen-bond donors (Lipinski definition) is 2. The Labute approximate surface area is 172 Å². The number of thioether (sulfide) groups is 1. The van der Waals surface area contributed by atoms with E-state index in [1.807, 2.05) is 0 Å². The van der Waals surface area contributed by atoms with Gasteiger partial charge in [0.2, 0.25) is 5.88 Å². The summed E-state index contributed by atoms with van der Waals surface area (Å²) in [5, 5.41) is 5.53. The Hall–Kier alpha value is -2.38. The van der Waals surface area contributed by atoms with E-state index in [4.69, 9.17) is 10.5 Å². The van der Waals surface area contributed by atoms with E-state index in [0.29, 0.717) is 29.2 Å². The molecule has 0 saturated carbocycles. The molecule has 1 amide bonds. The first-order valence-corrected chi connectivity index (χ1v) is 10.4. The van der Waals surface area contributed by atoms with Gasteiger partial charge in [0.05, 0.1) is 19.0 Å². The van der Waals surface area contributed by atoms with Crippen LogP contribution in [0.3, 0.4) is 0 Å². The maximum absolute atomic E-state index is 12.4. The monoisotopic (exact) mass is 442 g/mol. The highest BCUT2D eigenvalue weighted by atomic mass is 32.2. The normalized spacial score (nSPS) is 24.0. The van der Waals surface area contributed by atoms with Crippen molar-refractivity contribution in [1.29, 1.82) is 0 Å². The zero-order valence-electron chi connectivity index (χ0n) is 14.9. The van der Waals surface area contributed by atoms with Crippen LogP contribution in [0.25, 0.3) is 0 Å². The number of halogens is 2. The molecule has 3 N–H and O–H groups in total. The number of nitrogens with two attached hydrogens (primary N) is 1. The Morgan fingerprint density at radius 2 is 2.28 bits per heavy atom. The second-order valence-electron chi connectivity index (χ2n) is 6.33. The van der Waals surface area contributed by atoms with Crippen molar-refractivity contribution in [1.82, 2.24) is 15.0 Å². The highest BCUT2D eigenvalue weighted by molar-refractivity contribution is 8.13. The van der Waals surface area contributed by atoms with Crippen LogP contribution in [0.1, 0.15) is 21.9 Å². The van der Waals surface area contributed by atoms with Crippen LogP contribution in [-0.2, 0) is 10.3 Å². The third-order valence-electron chi connectivity index (χ3n) is 4.54. The van der Waals surface area contributed by atoms with Crippen molar-refractivity contribution in [3.8, 4) is 5.88 Å². The number of carbonyl (C=O) groups is 1. The number of fused-ring (bicyclic) bond motifs is 1. The number of ether oxygens (including phenoxy) is 2. The van der Waals surface area contributed by atoms with Crippen LogP contribution in [0.2, 0.25) is 0 Å². The molecule has 2 aliphatic heterocycles. The molecule has 2 aliphatic rings. The molecule has 29 heavy (non-hydrogen) atoms. The molecular weight excluding hydrogens is 426 g/mol. The minimum atomic E-state index is -3.01. The number of nitrogens with zero attached hydrogens (tertiary/aromatic N) is 4. The Morgan fingerprint density at radius 3 is 3.03 bits per heavy atom. The van der Waals surface area contributed by atoms with Gasteiger partial charge in [-0.2, -0.15) is 8.78 Å². The smallest absolute Gasteiger partial charge is 0.388 e.